The molecule has 4 heteroatoms. The van der Waals surface area contributed by atoms with Crippen LogP contribution in [-0.2, 0) is 0 Å². The van der Waals surface area contributed by atoms with Crippen LogP contribution in [-0.4, -0.2) is 35.6 Å². The van der Waals surface area contributed by atoms with Gasteiger partial charge in [0.1, 0.15) is 5.75 Å². The smallest absolute Gasteiger partial charge is 0.120 e. The second kappa shape index (κ2) is 8.20. The SMILES string of the molecule is CC(CO)CO.CCOc1ccc2c(c1)C(C)=CC(C)(C)N2. The zero-order valence-electron chi connectivity index (χ0n) is 14.3. The quantitative estimate of drug-likeness (QED) is 0.799. The summed E-state index contributed by atoms with van der Waals surface area (Å²) >= 11 is 0. The van der Waals surface area contributed by atoms with Gasteiger partial charge in [0.05, 0.1) is 12.1 Å². The van der Waals surface area contributed by atoms with Crippen molar-refractivity contribution in [1.82, 2.24) is 0 Å². The molecule has 0 spiro atoms. The van der Waals surface area contributed by atoms with Crippen LogP contribution in [0.5, 0.6) is 5.75 Å². The maximum Gasteiger partial charge on any atom is 0.120 e. The third-order valence-electron chi connectivity index (χ3n) is 3.38. The topological polar surface area (TPSA) is 61.7 Å². The molecule has 1 aliphatic rings. The zero-order valence-corrected chi connectivity index (χ0v) is 14.3. The molecule has 3 N–H and O–H groups in total. The molecule has 22 heavy (non-hydrogen) atoms. The highest BCUT2D eigenvalue weighted by molar-refractivity contribution is 5.80. The molecule has 0 fully saturated rings. The lowest BCUT2D eigenvalue weighted by atomic mass is 9.91. The van der Waals surface area contributed by atoms with Gasteiger partial charge in [-0.15, -0.1) is 0 Å². The summed E-state index contributed by atoms with van der Waals surface area (Å²) in [4.78, 5) is 0. The lowest BCUT2D eigenvalue weighted by molar-refractivity contribution is 0.162. The van der Waals surface area contributed by atoms with Gasteiger partial charge in [-0.05, 0) is 51.5 Å². The van der Waals surface area contributed by atoms with Crippen LogP contribution in [0, 0.1) is 5.92 Å². The van der Waals surface area contributed by atoms with Crippen molar-refractivity contribution in [2.24, 2.45) is 5.92 Å². The van der Waals surface area contributed by atoms with Crippen LogP contribution in [0.2, 0.25) is 0 Å². The summed E-state index contributed by atoms with van der Waals surface area (Å²) in [6, 6.07) is 6.22. The van der Waals surface area contributed by atoms with E-state index in [1.807, 2.05) is 13.0 Å². The van der Waals surface area contributed by atoms with Crippen molar-refractivity contribution in [2.45, 2.75) is 40.2 Å². The molecule has 1 aromatic carbocycles. The number of aliphatic hydroxyl groups is 2. The molecule has 0 saturated carbocycles. The number of allylic oxidation sites excluding steroid dienone is 1. The molecular weight excluding hydrogens is 278 g/mol. The largest absolute Gasteiger partial charge is 0.494 e. The van der Waals surface area contributed by atoms with E-state index in [4.69, 9.17) is 14.9 Å². The molecule has 0 atom stereocenters. The van der Waals surface area contributed by atoms with E-state index in [1.54, 1.807) is 6.92 Å². The minimum Gasteiger partial charge on any atom is -0.494 e. The summed E-state index contributed by atoms with van der Waals surface area (Å²) in [5.74, 6) is 0.987. The van der Waals surface area contributed by atoms with Crippen LogP contribution in [0.15, 0.2) is 24.3 Å². The summed E-state index contributed by atoms with van der Waals surface area (Å²) in [5, 5.41) is 19.9. The summed E-state index contributed by atoms with van der Waals surface area (Å²) in [6.45, 7) is 11.2. The Morgan fingerprint density at radius 1 is 1.23 bits per heavy atom. The fourth-order valence-electron chi connectivity index (χ4n) is 2.27. The summed E-state index contributed by atoms with van der Waals surface area (Å²) in [6.07, 6.45) is 2.26. The Bertz CT molecular complexity index is 505. The molecule has 0 saturated heterocycles. The number of fused-ring (bicyclic) bond motifs is 1. The summed E-state index contributed by atoms with van der Waals surface area (Å²) in [5.41, 5.74) is 3.77. The maximum atomic E-state index is 8.17. The lowest BCUT2D eigenvalue weighted by Gasteiger charge is -2.31. The molecule has 0 bridgehead atoms. The first kappa shape index (κ1) is 18.5. The molecule has 1 aliphatic heterocycles. The van der Waals surface area contributed by atoms with Gasteiger partial charge < -0.3 is 20.3 Å². The molecule has 0 aromatic heterocycles. The molecule has 124 valence electrons. The number of anilines is 1. The minimum absolute atomic E-state index is 0.0320. The van der Waals surface area contributed by atoms with Gasteiger partial charge >= 0.3 is 0 Å². The molecule has 0 unspecified atom stereocenters. The molecule has 0 aliphatic carbocycles. The van der Waals surface area contributed by atoms with Gasteiger partial charge in [0.15, 0.2) is 0 Å². The van der Waals surface area contributed by atoms with Crippen molar-refractivity contribution in [1.29, 1.82) is 0 Å². The Hall–Kier alpha value is -1.52. The van der Waals surface area contributed by atoms with Crippen LogP contribution in [0.4, 0.5) is 5.69 Å². The van der Waals surface area contributed by atoms with E-state index in [1.165, 1.54) is 16.8 Å². The zero-order chi connectivity index (χ0) is 16.8. The third kappa shape index (κ3) is 5.35. The van der Waals surface area contributed by atoms with Gasteiger partial charge in [-0.25, -0.2) is 0 Å². The first-order valence-electron chi connectivity index (χ1n) is 7.79. The van der Waals surface area contributed by atoms with Crippen molar-refractivity contribution < 1.29 is 14.9 Å². The molecule has 1 aromatic rings. The van der Waals surface area contributed by atoms with Gasteiger partial charge in [0.25, 0.3) is 0 Å². The first-order chi connectivity index (χ1) is 10.3. The fourth-order valence-corrected chi connectivity index (χ4v) is 2.27. The van der Waals surface area contributed by atoms with Gasteiger partial charge in [-0.3, -0.25) is 0 Å². The van der Waals surface area contributed by atoms with E-state index in [0.29, 0.717) is 6.61 Å². The number of benzene rings is 1. The molecule has 1 heterocycles. The van der Waals surface area contributed by atoms with Crippen LogP contribution in [0.25, 0.3) is 5.57 Å². The Balaban J connectivity index is 0.000000346. The monoisotopic (exact) mass is 307 g/mol. The van der Waals surface area contributed by atoms with Crippen molar-refractivity contribution in [3.05, 3.63) is 29.8 Å². The highest BCUT2D eigenvalue weighted by Crippen LogP contribution is 2.35. The second-order valence-electron chi connectivity index (χ2n) is 6.28. The van der Waals surface area contributed by atoms with E-state index in [2.05, 4.69) is 44.3 Å². The highest BCUT2D eigenvalue weighted by atomic mass is 16.5. The van der Waals surface area contributed by atoms with E-state index < -0.39 is 0 Å². The second-order valence-corrected chi connectivity index (χ2v) is 6.28. The number of rotatable bonds is 4. The van der Waals surface area contributed by atoms with Gasteiger partial charge in [-0.1, -0.05) is 13.0 Å². The normalized spacial score (nSPS) is 15.2. The van der Waals surface area contributed by atoms with Gasteiger partial charge in [0, 0.05) is 30.4 Å². The molecule has 0 amide bonds. The number of hydrogen-bond donors (Lipinski definition) is 3. The van der Waals surface area contributed by atoms with Crippen molar-refractivity contribution >= 4 is 11.3 Å². The average molecular weight is 307 g/mol. The van der Waals surface area contributed by atoms with E-state index in [-0.39, 0.29) is 24.7 Å². The molecule has 2 rings (SSSR count). The molecule has 0 radical (unpaired) electrons. The fraction of sp³-hybridized carbons (Fsp3) is 0.556. The predicted octanol–water partition coefficient (Wildman–Crippen LogP) is 3.30. The van der Waals surface area contributed by atoms with E-state index in [9.17, 15) is 0 Å². The standard InChI is InChI=1S/C14H19NO.C4H10O2/c1-5-16-11-6-7-13-12(8-11)10(2)9-14(3,4)15-13;1-4(2-5)3-6/h6-9,15H,5H2,1-4H3;4-6H,2-3H2,1H3. The Morgan fingerprint density at radius 2 is 1.86 bits per heavy atom. The van der Waals surface area contributed by atoms with Crippen LogP contribution >= 0.6 is 0 Å². The van der Waals surface area contributed by atoms with Gasteiger partial charge in [-0.2, -0.15) is 0 Å². The minimum atomic E-state index is 0.0320. The van der Waals surface area contributed by atoms with Crippen LogP contribution < -0.4 is 10.1 Å². The molecular formula is C18H29NO3. The summed E-state index contributed by atoms with van der Waals surface area (Å²) < 4.78 is 5.52. The Kier molecular flexibility index (Phi) is 6.91. The van der Waals surface area contributed by atoms with Gasteiger partial charge in [0.2, 0.25) is 0 Å². The van der Waals surface area contributed by atoms with Crippen LogP contribution in [0.1, 0.15) is 40.2 Å². The maximum absolute atomic E-state index is 8.17. The summed E-state index contributed by atoms with van der Waals surface area (Å²) in [7, 11) is 0. The van der Waals surface area contributed by atoms with Crippen molar-refractivity contribution in [2.75, 3.05) is 25.1 Å². The Morgan fingerprint density at radius 3 is 2.36 bits per heavy atom. The third-order valence-corrected chi connectivity index (χ3v) is 3.38. The van der Waals surface area contributed by atoms with Crippen molar-refractivity contribution in [3.63, 3.8) is 0 Å². The molecule has 4 nitrogen and oxygen atoms in total. The van der Waals surface area contributed by atoms with E-state index in [0.717, 1.165) is 5.75 Å². The van der Waals surface area contributed by atoms with Crippen molar-refractivity contribution in [3.8, 4) is 5.75 Å². The number of hydrogen-bond acceptors (Lipinski definition) is 4. The Labute approximate surface area is 133 Å². The number of nitrogens with one attached hydrogen (secondary N) is 1. The number of aliphatic hydroxyl groups excluding tert-OH is 2. The first-order valence-corrected chi connectivity index (χ1v) is 7.79. The highest BCUT2D eigenvalue weighted by Gasteiger charge is 2.22. The number of ether oxygens (including phenoxy) is 1. The lowest BCUT2D eigenvalue weighted by Crippen LogP contribution is -2.31. The van der Waals surface area contributed by atoms with E-state index >= 15 is 0 Å². The predicted molar refractivity (Wildman–Crippen MR) is 92.3 cm³/mol. The van der Waals surface area contributed by atoms with Crippen LogP contribution in [0.3, 0.4) is 0 Å². The average Bonchev–Trinajstić information content (AvgIpc) is 2.47.